The Labute approximate surface area is 222 Å². The number of sulfonamides is 1. The molecule has 1 N–H and O–H groups in total. The van der Waals surface area contributed by atoms with Gasteiger partial charge in [-0.3, -0.25) is 13.9 Å². The standard InChI is InChI=1S/C28H41N3O5S/c1-7-17-29-28(33)25(8-2)30(20-23-13-10-14-24(19-23)36-5)27(32)16-11-18-31(37(6,34)35)26-15-9-12-21(3)22(26)4/h9-10,12-15,19,25H,7-8,11,16-18,20H2,1-6H3,(H,29,33)/t25-/m0/s1. The van der Waals surface area contributed by atoms with Crippen LogP contribution >= 0.6 is 0 Å². The highest BCUT2D eigenvalue weighted by atomic mass is 32.2. The summed E-state index contributed by atoms with van der Waals surface area (Å²) < 4.78 is 31.9. The van der Waals surface area contributed by atoms with Crippen molar-refractivity contribution in [3.8, 4) is 5.75 Å². The summed E-state index contributed by atoms with van der Waals surface area (Å²) in [7, 11) is -1.96. The van der Waals surface area contributed by atoms with Crippen LogP contribution in [0.5, 0.6) is 5.75 Å². The van der Waals surface area contributed by atoms with Crippen LogP contribution in [0.2, 0.25) is 0 Å². The number of amides is 2. The number of methoxy groups -OCH3 is 1. The minimum Gasteiger partial charge on any atom is -0.497 e. The van der Waals surface area contributed by atoms with E-state index in [0.717, 1.165) is 23.1 Å². The number of anilines is 1. The monoisotopic (exact) mass is 531 g/mol. The second-order valence-corrected chi connectivity index (χ2v) is 11.2. The van der Waals surface area contributed by atoms with E-state index < -0.39 is 16.1 Å². The number of hydrogen-bond donors (Lipinski definition) is 1. The van der Waals surface area contributed by atoms with Gasteiger partial charge in [-0.15, -0.1) is 0 Å². The summed E-state index contributed by atoms with van der Waals surface area (Å²) in [6, 6.07) is 12.3. The van der Waals surface area contributed by atoms with Gasteiger partial charge in [0.25, 0.3) is 0 Å². The van der Waals surface area contributed by atoms with Gasteiger partial charge in [-0.1, -0.05) is 38.1 Å². The summed E-state index contributed by atoms with van der Waals surface area (Å²) in [5.41, 5.74) is 3.35. The molecule has 1 atom stereocenters. The van der Waals surface area contributed by atoms with Crippen LogP contribution in [0.4, 0.5) is 5.69 Å². The highest BCUT2D eigenvalue weighted by Gasteiger charge is 2.29. The third kappa shape index (κ3) is 8.49. The molecule has 0 aromatic heterocycles. The van der Waals surface area contributed by atoms with Crippen molar-refractivity contribution in [2.45, 2.75) is 66.0 Å². The van der Waals surface area contributed by atoms with Crippen LogP contribution in [0.25, 0.3) is 0 Å². The number of ether oxygens (including phenoxy) is 1. The van der Waals surface area contributed by atoms with E-state index in [2.05, 4.69) is 5.32 Å². The van der Waals surface area contributed by atoms with E-state index in [0.29, 0.717) is 30.8 Å². The number of benzene rings is 2. The highest BCUT2D eigenvalue weighted by molar-refractivity contribution is 7.92. The maximum atomic E-state index is 13.5. The number of hydrogen-bond acceptors (Lipinski definition) is 5. The van der Waals surface area contributed by atoms with Gasteiger partial charge in [0.2, 0.25) is 21.8 Å². The first-order chi connectivity index (χ1) is 17.5. The Morgan fingerprint density at radius 1 is 1.08 bits per heavy atom. The van der Waals surface area contributed by atoms with Gasteiger partial charge in [0.15, 0.2) is 0 Å². The molecule has 0 saturated heterocycles. The second kappa shape index (κ2) is 14.0. The largest absolute Gasteiger partial charge is 0.497 e. The molecule has 0 saturated carbocycles. The number of nitrogens with one attached hydrogen (secondary N) is 1. The van der Waals surface area contributed by atoms with Crippen LogP contribution < -0.4 is 14.4 Å². The zero-order valence-corrected chi connectivity index (χ0v) is 23.7. The third-order valence-electron chi connectivity index (χ3n) is 6.42. The smallest absolute Gasteiger partial charge is 0.242 e. The Kier molecular flexibility index (Phi) is 11.4. The van der Waals surface area contributed by atoms with E-state index in [1.165, 1.54) is 10.6 Å². The van der Waals surface area contributed by atoms with Crippen LogP contribution in [-0.2, 0) is 26.2 Å². The fourth-order valence-corrected chi connectivity index (χ4v) is 5.26. The molecular formula is C28H41N3O5S. The molecule has 37 heavy (non-hydrogen) atoms. The average Bonchev–Trinajstić information content (AvgIpc) is 2.86. The maximum absolute atomic E-state index is 13.5. The molecule has 0 aliphatic carbocycles. The van der Waals surface area contributed by atoms with E-state index in [1.807, 2.05) is 64.1 Å². The molecule has 0 radical (unpaired) electrons. The summed E-state index contributed by atoms with van der Waals surface area (Å²) in [6.45, 7) is 8.65. The summed E-state index contributed by atoms with van der Waals surface area (Å²) >= 11 is 0. The Morgan fingerprint density at radius 2 is 1.78 bits per heavy atom. The van der Waals surface area contributed by atoms with Crippen molar-refractivity contribution in [2.24, 2.45) is 0 Å². The number of rotatable bonds is 14. The summed E-state index contributed by atoms with van der Waals surface area (Å²) in [5.74, 6) is 0.287. The molecule has 2 aromatic carbocycles. The molecule has 0 bridgehead atoms. The van der Waals surface area contributed by atoms with Gasteiger partial charge in [-0.2, -0.15) is 0 Å². The molecule has 0 heterocycles. The number of carbonyl (C=O) groups is 2. The van der Waals surface area contributed by atoms with Crippen LogP contribution in [0.1, 0.15) is 56.2 Å². The predicted molar refractivity (Wildman–Crippen MR) is 148 cm³/mol. The Balaban J connectivity index is 2.26. The molecule has 2 aromatic rings. The average molecular weight is 532 g/mol. The summed E-state index contributed by atoms with van der Waals surface area (Å²) in [4.78, 5) is 28.1. The van der Waals surface area contributed by atoms with E-state index >= 15 is 0 Å². The fraction of sp³-hybridized carbons (Fsp3) is 0.500. The van der Waals surface area contributed by atoms with Gasteiger partial charge in [0.1, 0.15) is 11.8 Å². The lowest BCUT2D eigenvalue weighted by atomic mass is 10.1. The van der Waals surface area contributed by atoms with Gasteiger partial charge < -0.3 is 15.0 Å². The van der Waals surface area contributed by atoms with Gasteiger partial charge in [0, 0.05) is 26.1 Å². The first-order valence-corrected chi connectivity index (χ1v) is 14.6. The molecule has 2 rings (SSSR count). The second-order valence-electron chi connectivity index (χ2n) is 9.25. The van der Waals surface area contributed by atoms with Crippen molar-refractivity contribution in [1.82, 2.24) is 10.2 Å². The van der Waals surface area contributed by atoms with Gasteiger partial charge >= 0.3 is 0 Å². The Hall–Kier alpha value is -3.07. The number of carbonyl (C=O) groups excluding carboxylic acids is 2. The first kappa shape index (κ1) is 30.2. The van der Waals surface area contributed by atoms with E-state index in [9.17, 15) is 18.0 Å². The quantitative estimate of drug-likeness (QED) is 0.394. The maximum Gasteiger partial charge on any atom is 0.242 e. The molecule has 0 aliphatic heterocycles. The molecule has 0 aliphatic rings. The van der Waals surface area contributed by atoms with E-state index in [-0.39, 0.29) is 31.3 Å². The zero-order valence-electron chi connectivity index (χ0n) is 22.9. The molecule has 0 unspecified atom stereocenters. The Morgan fingerprint density at radius 3 is 2.41 bits per heavy atom. The number of nitrogens with zero attached hydrogens (tertiary/aromatic N) is 2. The fourth-order valence-electron chi connectivity index (χ4n) is 4.24. The molecular weight excluding hydrogens is 490 g/mol. The van der Waals surface area contributed by atoms with Gasteiger partial charge in [0.05, 0.1) is 19.1 Å². The molecule has 204 valence electrons. The van der Waals surface area contributed by atoms with Crippen molar-refractivity contribution in [1.29, 1.82) is 0 Å². The van der Waals surface area contributed by atoms with Gasteiger partial charge in [-0.05, 0) is 68.0 Å². The van der Waals surface area contributed by atoms with Crippen LogP contribution in [-0.4, -0.2) is 57.6 Å². The molecule has 0 spiro atoms. The lowest BCUT2D eigenvalue weighted by Crippen LogP contribution is -2.49. The zero-order chi connectivity index (χ0) is 27.6. The van der Waals surface area contributed by atoms with Gasteiger partial charge in [-0.25, -0.2) is 8.42 Å². The van der Waals surface area contributed by atoms with Crippen molar-refractivity contribution < 1.29 is 22.7 Å². The molecule has 2 amide bonds. The molecule has 9 heteroatoms. The Bertz CT molecular complexity index is 1170. The lowest BCUT2D eigenvalue weighted by Gasteiger charge is -2.31. The molecule has 0 fully saturated rings. The first-order valence-electron chi connectivity index (χ1n) is 12.8. The van der Waals surface area contributed by atoms with Crippen molar-refractivity contribution in [2.75, 3.05) is 30.8 Å². The van der Waals surface area contributed by atoms with E-state index in [1.54, 1.807) is 18.1 Å². The third-order valence-corrected chi connectivity index (χ3v) is 7.60. The molecule has 8 nitrogen and oxygen atoms in total. The summed E-state index contributed by atoms with van der Waals surface area (Å²) in [6.07, 6.45) is 2.87. The van der Waals surface area contributed by atoms with Crippen molar-refractivity contribution in [3.05, 3.63) is 59.2 Å². The van der Waals surface area contributed by atoms with Crippen LogP contribution in [0.3, 0.4) is 0 Å². The highest BCUT2D eigenvalue weighted by Crippen LogP contribution is 2.26. The minimum absolute atomic E-state index is 0.110. The lowest BCUT2D eigenvalue weighted by molar-refractivity contribution is -0.141. The predicted octanol–water partition coefficient (Wildman–Crippen LogP) is 4.19. The topological polar surface area (TPSA) is 96.0 Å². The normalized spacial score (nSPS) is 12.1. The summed E-state index contributed by atoms with van der Waals surface area (Å²) in [5, 5.41) is 2.91. The van der Waals surface area contributed by atoms with E-state index in [4.69, 9.17) is 4.74 Å². The van der Waals surface area contributed by atoms with Crippen molar-refractivity contribution >= 4 is 27.5 Å². The minimum atomic E-state index is -3.55. The van der Waals surface area contributed by atoms with Crippen LogP contribution in [0, 0.1) is 13.8 Å². The van der Waals surface area contributed by atoms with Crippen molar-refractivity contribution in [3.63, 3.8) is 0 Å². The van der Waals surface area contributed by atoms with Crippen LogP contribution in [0.15, 0.2) is 42.5 Å². The SMILES string of the molecule is CCCNC(=O)[C@H](CC)N(Cc1cccc(OC)c1)C(=O)CCCN(c1cccc(C)c1C)S(C)(=O)=O. The number of aryl methyl sites for hydroxylation is 1.